The van der Waals surface area contributed by atoms with E-state index in [4.69, 9.17) is 23.2 Å². The molecule has 0 aliphatic heterocycles. The number of aldehydes is 1. The Morgan fingerprint density at radius 3 is 2.42 bits per heavy atom. The van der Waals surface area contributed by atoms with Crippen molar-refractivity contribution in [2.75, 3.05) is 6.61 Å². The van der Waals surface area contributed by atoms with E-state index < -0.39 is 5.82 Å². The molecular formula is C20H16Cl2FNO2. The van der Waals surface area contributed by atoms with Gasteiger partial charge in [0.05, 0.1) is 10.7 Å². The van der Waals surface area contributed by atoms with E-state index in [1.54, 1.807) is 24.3 Å². The molecular weight excluding hydrogens is 376 g/mol. The molecule has 0 radical (unpaired) electrons. The normalized spacial score (nSPS) is 10.9. The van der Waals surface area contributed by atoms with E-state index in [1.807, 2.05) is 16.7 Å². The van der Waals surface area contributed by atoms with Crippen molar-refractivity contribution in [2.24, 2.45) is 0 Å². The van der Waals surface area contributed by atoms with Gasteiger partial charge in [0.2, 0.25) is 0 Å². The predicted molar refractivity (Wildman–Crippen MR) is 102 cm³/mol. The van der Waals surface area contributed by atoms with Gasteiger partial charge >= 0.3 is 0 Å². The molecule has 0 saturated carbocycles. The van der Waals surface area contributed by atoms with Crippen LogP contribution in [0.15, 0.2) is 48.5 Å². The molecule has 0 atom stereocenters. The maximum Gasteiger partial charge on any atom is 0.151 e. The Balaban J connectivity index is 2.27. The number of halogens is 3. The van der Waals surface area contributed by atoms with Crippen molar-refractivity contribution >= 4 is 29.5 Å². The number of carbonyl (C=O) groups is 1. The van der Waals surface area contributed by atoms with Crippen molar-refractivity contribution in [3.63, 3.8) is 0 Å². The highest BCUT2D eigenvalue weighted by Gasteiger charge is 2.19. The second kappa shape index (κ2) is 8.04. The van der Waals surface area contributed by atoms with Crippen molar-refractivity contribution in [2.45, 2.75) is 12.8 Å². The molecule has 0 spiro atoms. The van der Waals surface area contributed by atoms with Crippen molar-refractivity contribution in [1.29, 1.82) is 0 Å². The van der Waals surface area contributed by atoms with Crippen LogP contribution in [0.25, 0.3) is 16.9 Å². The highest BCUT2D eigenvalue weighted by molar-refractivity contribution is 6.33. The Labute approximate surface area is 160 Å². The Bertz CT molecular complexity index is 936. The van der Waals surface area contributed by atoms with Gasteiger partial charge in [0.25, 0.3) is 0 Å². The first-order valence-corrected chi connectivity index (χ1v) is 8.82. The average Bonchev–Trinajstić information content (AvgIpc) is 2.99. The summed E-state index contributed by atoms with van der Waals surface area (Å²) in [5.74, 6) is -0.431. The molecule has 2 aromatic carbocycles. The van der Waals surface area contributed by atoms with E-state index >= 15 is 0 Å². The Hall–Kier alpha value is -2.14. The number of hydrogen-bond donors (Lipinski definition) is 1. The van der Waals surface area contributed by atoms with Gasteiger partial charge in [0.15, 0.2) is 6.29 Å². The van der Waals surface area contributed by atoms with E-state index in [9.17, 15) is 14.3 Å². The number of aliphatic hydroxyl groups excluding tert-OH is 1. The minimum absolute atomic E-state index is 0.0106. The van der Waals surface area contributed by atoms with E-state index in [2.05, 4.69) is 0 Å². The number of hydrogen-bond acceptors (Lipinski definition) is 2. The number of aliphatic hydroxyl groups is 1. The van der Waals surface area contributed by atoms with Crippen molar-refractivity contribution < 1.29 is 14.3 Å². The molecule has 1 aromatic heterocycles. The summed E-state index contributed by atoms with van der Waals surface area (Å²) in [6.45, 7) is 0.0106. The lowest BCUT2D eigenvalue weighted by Crippen LogP contribution is -2.05. The molecule has 0 fully saturated rings. The van der Waals surface area contributed by atoms with Gasteiger partial charge in [-0.05, 0) is 61.4 Å². The molecule has 134 valence electrons. The van der Waals surface area contributed by atoms with Gasteiger partial charge in [0, 0.05) is 34.1 Å². The Morgan fingerprint density at radius 1 is 1.08 bits per heavy atom. The van der Waals surface area contributed by atoms with Crippen LogP contribution in [0.4, 0.5) is 4.39 Å². The smallest absolute Gasteiger partial charge is 0.151 e. The maximum atomic E-state index is 13.5. The molecule has 26 heavy (non-hydrogen) atoms. The maximum absolute atomic E-state index is 13.5. The summed E-state index contributed by atoms with van der Waals surface area (Å²) in [5.41, 5.74) is 3.34. The van der Waals surface area contributed by atoms with E-state index in [0.29, 0.717) is 34.7 Å². The molecule has 0 amide bonds. The molecule has 3 rings (SSSR count). The number of benzene rings is 2. The molecule has 6 heteroatoms. The molecule has 0 unspecified atom stereocenters. The van der Waals surface area contributed by atoms with E-state index in [1.165, 1.54) is 12.1 Å². The summed E-state index contributed by atoms with van der Waals surface area (Å²) < 4.78 is 15.4. The lowest BCUT2D eigenvalue weighted by Gasteiger charge is -2.15. The first-order chi connectivity index (χ1) is 12.5. The van der Waals surface area contributed by atoms with E-state index in [0.717, 1.165) is 17.7 Å². The SMILES string of the molecule is O=Cc1cc(-c2ccc(F)cc2Cl)n(-c2ccc(Cl)cc2)c1CCCO. The van der Waals surface area contributed by atoms with Gasteiger partial charge in [-0.25, -0.2) is 4.39 Å². The van der Waals surface area contributed by atoms with Crippen LogP contribution < -0.4 is 0 Å². The minimum Gasteiger partial charge on any atom is -0.396 e. The molecule has 1 N–H and O–H groups in total. The largest absolute Gasteiger partial charge is 0.396 e. The van der Waals surface area contributed by atoms with Crippen LogP contribution in [0, 0.1) is 5.82 Å². The molecule has 3 aromatic rings. The van der Waals surface area contributed by atoms with Gasteiger partial charge in [0.1, 0.15) is 5.82 Å². The summed E-state index contributed by atoms with van der Waals surface area (Å²) in [4.78, 5) is 11.6. The van der Waals surface area contributed by atoms with Crippen molar-refractivity contribution in [1.82, 2.24) is 4.57 Å². The van der Waals surface area contributed by atoms with Crippen molar-refractivity contribution in [3.05, 3.63) is 75.7 Å². The van der Waals surface area contributed by atoms with Crippen LogP contribution in [-0.4, -0.2) is 22.6 Å². The van der Waals surface area contributed by atoms with Crippen LogP contribution in [0.1, 0.15) is 22.5 Å². The molecule has 0 aliphatic carbocycles. The average molecular weight is 392 g/mol. The standard InChI is InChI=1S/C20H16Cl2FNO2/c21-14-3-6-16(7-4-14)24-19(2-1-9-25)13(12-26)10-20(24)17-8-5-15(23)11-18(17)22/h3-8,10-12,25H,1-2,9H2. The minimum atomic E-state index is -0.431. The fraction of sp³-hybridized carbons (Fsp3) is 0.150. The van der Waals surface area contributed by atoms with Gasteiger partial charge in [-0.2, -0.15) is 0 Å². The Morgan fingerprint density at radius 2 is 1.81 bits per heavy atom. The van der Waals surface area contributed by atoms with Gasteiger partial charge in [-0.1, -0.05) is 23.2 Å². The molecule has 0 bridgehead atoms. The first-order valence-electron chi connectivity index (χ1n) is 8.07. The fourth-order valence-electron chi connectivity index (χ4n) is 2.95. The summed E-state index contributed by atoms with van der Waals surface area (Å²) in [6, 6.07) is 13.1. The summed E-state index contributed by atoms with van der Waals surface area (Å²) in [5, 5.41) is 10.1. The first kappa shape index (κ1) is 18.6. The van der Waals surface area contributed by atoms with Gasteiger partial charge in [-0.15, -0.1) is 0 Å². The summed E-state index contributed by atoms with van der Waals surface area (Å²) in [7, 11) is 0. The van der Waals surface area contributed by atoms with Crippen LogP contribution >= 0.6 is 23.2 Å². The van der Waals surface area contributed by atoms with Gasteiger partial charge in [-0.3, -0.25) is 4.79 Å². The quantitative estimate of drug-likeness (QED) is 0.577. The topological polar surface area (TPSA) is 42.2 Å². The second-order valence-electron chi connectivity index (χ2n) is 5.81. The zero-order valence-corrected chi connectivity index (χ0v) is 15.3. The summed E-state index contributed by atoms with van der Waals surface area (Å²) >= 11 is 12.2. The van der Waals surface area contributed by atoms with E-state index in [-0.39, 0.29) is 11.6 Å². The molecule has 0 saturated heterocycles. The zero-order valence-electron chi connectivity index (χ0n) is 13.8. The Kier molecular flexibility index (Phi) is 5.77. The lowest BCUT2D eigenvalue weighted by molar-refractivity contribution is 0.112. The highest BCUT2D eigenvalue weighted by atomic mass is 35.5. The molecule has 3 nitrogen and oxygen atoms in total. The highest BCUT2D eigenvalue weighted by Crippen LogP contribution is 2.34. The molecule has 0 aliphatic rings. The fourth-order valence-corrected chi connectivity index (χ4v) is 3.34. The van der Waals surface area contributed by atoms with Gasteiger partial charge < -0.3 is 9.67 Å². The van der Waals surface area contributed by atoms with Crippen LogP contribution in [-0.2, 0) is 6.42 Å². The van der Waals surface area contributed by atoms with Crippen LogP contribution in [0.5, 0.6) is 0 Å². The lowest BCUT2D eigenvalue weighted by atomic mass is 10.1. The molecule has 1 heterocycles. The van der Waals surface area contributed by atoms with Crippen molar-refractivity contribution in [3.8, 4) is 16.9 Å². The third kappa shape index (κ3) is 3.68. The number of rotatable bonds is 6. The second-order valence-corrected chi connectivity index (χ2v) is 6.66. The predicted octanol–water partition coefficient (Wildman–Crippen LogP) is 5.33. The van der Waals surface area contributed by atoms with Crippen LogP contribution in [0.3, 0.4) is 0 Å². The summed E-state index contributed by atoms with van der Waals surface area (Å²) in [6.07, 6.45) is 1.79. The third-order valence-electron chi connectivity index (χ3n) is 4.13. The third-order valence-corrected chi connectivity index (χ3v) is 4.69. The zero-order chi connectivity index (χ0) is 18.7. The number of nitrogens with zero attached hydrogens (tertiary/aromatic N) is 1. The number of aromatic nitrogens is 1. The monoisotopic (exact) mass is 391 g/mol. The number of carbonyl (C=O) groups excluding carboxylic acids is 1. The van der Waals surface area contributed by atoms with Crippen LogP contribution in [0.2, 0.25) is 10.0 Å².